The Morgan fingerprint density at radius 2 is 2.12 bits per heavy atom. The van der Waals surface area contributed by atoms with Gasteiger partial charge in [-0.3, -0.25) is 9.69 Å². The summed E-state index contributed by atoms with van der Waals surface area (Å²) in [6, 6.07) is 0.624. The highest BCUT2D eigenvalue weighted by Crippen LogP contribution is 2.29. The maximum atomic E-state index is 10.6. The van der Waals surface area contributed by atoms with Crippen molar-refractivity contribution in [3.05, 3.63) is 0 Å². The van der Waals surface area contributed by atoms with Crippen LogP contribution in [0.2, 0.25) is 0 Å². The van der Waals surface area contributed by atoms with Crippen molar-refractivity contribution in [1.82, 2.24) is 4.90 Å². The second-order valence-electron chi connectivity index (χ2n) is 5.02. The molecule has 0 bridgehead atoms. The lowest BCUT2D eigenvalue weighted by atomic mass is 10.2. The Labute approximate surface area is 96.6 Å². The number of carboxylic acid groups (broad SMARTS) is 1. The molecule has 92 valence electrons. The summed E-state index contributed by atoms with van der Waals surface area (Å²) in [4.78, 5) is 12.9. The molecule has 0 spiro atoms. The Bertz CT molecular complexity index is 253. The van der Waals surface area contributed by atoms with Gasteiger partial charge in [0.05, 0.1) is 18.6 Å². The number of nitrogens with zero attached hydrogens (tertiary/aromatic N) is 1. The van der Waals surface area contributed by atoms with Crippen molar-refractivity contribution in [2.45, 2.75) is 57.3 Å². The Morgan fingerprint density at radius 3 is 2.62 bits per heavy atom. The van der Waals surface area contributed by atoms with E-state index in [9.17, 15) is 4.79 Å². The first-order valence-electron chi connectivity index (χ1n) is 6.26. The van der Waals surface area contributed by atoms with E-state index in [0.29, 0.717) is 24.8 Å². The summed E-state index contributed by atoms with van der Waals surface area (Å²) in [6.45, 7) is 3.70. The quantitative estimate of drug-likeness (QED) is 0.747. The van der Waals surface area contributed by atoms with Crippen molar-refractivity contribution in [3.8, 4) is 0 Å². The van der Waals surface area contributed by atoms with Crippen molar-refractivity contribution in [3.63, 3.8) is 0 Å². The molecule has 0 amide bonds. The minimum atomic E-state index is -0.702. The van der Waals surface area contributed by atoms with Crippen LogP contribution in [0.3, 0.4) is 0 Å². The van der Waals surface area contributed by atoms with Crippen molar-refractivity contribution < 1.29 is 14.6 Å². The topological polar surface area (TPSA) is 49.8 Å². The van der Waals surface area contributed by atoms with Crippen molar-refractivity contribution >= 4 is 5.97 Å². The van der Waals surface area contributed by atoms with Crippen LogP contribution >= 0.6 is 0 Å². The third-order valence-electron chi connectivity index (χ3n) is 3.43. The fourth-order valence-corrected chi connectivity index (χ4v) is 2.38. The predicted octanol–water partition coefficient (Wildman–Crippen LogP) is 1.49. The van der Waals surface area contributed by atoms with E-state index in [-0.39, 0.29) is 6.42 Å². The van der Waals surface area contributed by atoms with E-state index in [0.717, 1.165) is 19.4 Å². The number of hydrogen-bond acceptors (Lipinski definition) is 3. The van der Waals surface area contributed by atoms with E-state index in [4.69, 9.17) is 9.84 Å². The normalized spacial score (nSPS) is 29.9. The summed E-state index contributed by atoms with van der Waals surface area (Å²) in [5.74, 6) is -0.702. The zero-order chi connectivity index (χ0) is 11.5. The molecular formula is C12H21NO3. The monoisotopic (exact) mass is 227 g/mol. The standard InChI is InChI=1S/C12H21NO3/c1-9-2-5-11(16-9)8-13(10-3-4-10)7-6-12(14)15/h9-11H,2-8H2,1H3,(H,14,15). The van der Waals surface area contributed by atoms with E-state index in [1.807, 2.05) is 0 Å². The van der Waals surface area contributed by atoms with Gasteiger partial charge in [0.15, 0.2) is 0 Å². The number of carboxylic acids is 1. The molecule has 2 aliphatic rings. The molecule has 1 N–H and O–H groups in total. The molecule has 1 heterocycles. The fourth-order valence-electron chi connectivity index (χ4n) is 2.38. The molecule has 1 aliphatic carbocycles. The van der Waals surface area contributed by atoms with E-state index in [1.54, 1.807) is 0 Å². The van der Waals surface area contributed by atoms with Gasteiger partial charge in [0.1, 0.15) is 0 Å². The second kappa shape index (κ2) is 5.15. The molecule has 0 aromatic carbocycles. The lowest BCUT2D eigenvalue weighted by molar-refractivity contribution is -0.137. The average molecular weight is 227 g/mol. The minimum Gasteiger partial charge on any atom is -0.481 e. The summed E-state index contributed by atoms with van der Waals surface area (Å²) < 4.78 is 5.79. The van der Waals surface area contributed by atoms with Gasteiger partial charge in [0, 0.05) is 19.1 Å². The van der Waals surface area contributed by atoms with Crippen LogP contribution in [0.15, 0.2) is 0 Å². The number of ether oxygens (including phenoxy) is 1. The molecule has 1 aliphatic heterocycles. The maximum absolute atomic E-state index is 10.6. The first-order valence-corrected chi connectivity index (χ1v) is 6.26. The Kier molecular flexibility index (Phi) is 3.82. The molecular weight excluding hydrogens is 206 g/mol. The van der Waals surface area contributed by atoms with Crippen LogP contribution in [-0.4, -0.2) is 47.3 Å². The fraction of sp³-hybridized carbons (Fsp3) is 0.917. The lowest BCUT2D eigenvalue weighted by Crippen LogP contribution is -2.35. The highest BCUT2D eigenvalue weighted by molar-refractivity contribution is 5.66. The molecule has 0 aromatic rings. The molecule has 2 rings (SSSR count). The highest BCUT2D eigenvalue weighted by atomic mass is 16.5. The van der Waals surface area contributed by atoms with Gasteiger partial charge in [-0.25, -0.2) is 0 Å². The smallest absolute Gasteiger partial charge is 0.304 e. The SMILES string of the molecule is CC1CCC(CN(CCC(=O)O)C2CC2)O1. The van der Waals surface area contributed by atoms with Crippen LogP contribution in [0.25, 0.3) is 0 Å². The molecule has 0 aromatic heterocycles. The Balaban J connectivity index is 1.76. The third kappa shape index (κ3) is 3.46. The number of hydrogen-bond donors (Lipinski definition) is 1. The van der Waals surface area contributed by atoms with Gasteiger partial charge in [-0.2, -0.15) is 0 Å². The summed E-state index contributed by atoms with van der Waals surface area (Å²) in [5.41, 5.74) is 0. The third-order valence-corrected chi connectivity index (χ3v) is 3.43. The van der Waals surface area contributed by atoms with Crippen molar-refractivity contribution in [1.29, 1.82) is 0 Å². The highest BCUT2D eigenvalue weighted by Gasteiger charge is 2.32. The first-order chi connectivity index (χ1) is 7.65. The van der Waals surface area contributed by atoms with Crippen molar-refractivity contribution in [2.75, 3.05) is 13.1 Å². The Hall–Kier alpha value is -0.610. The van der Waals surface area contributed by atoms with Crippen molar-refractivity contribution in [2.24, 2.45) is 0 Å². The minimum absolute atomic E-state index is 0.249. The van der Waals surface area contributed by atoms with Gasteiger partial charge in [-0.05, 0) is 32.6 Å². The molecule has 2 fully saturated rings. The number of carbonyl (C=O) groups is 1. The van der Waals surface area contributed by atoms with Gasteiger partial charge in [-0.15, -0.1) is 0 Å². The molecule has 0 radical (unpaired) electrons. The number of aliphatic carboxylic acids is 1. The molecule has 4 heteroatoms. The Morgan fingerprint density at radius 1 is 1.38 bits per heavy atom. The van der Waals surface area contributed by atoms with Crippen LogP contribution in [0, 0.1) is 0 Å². The first kappa shape index (κ1) is 11.9. The van der Waals surface area contributed by atoms with Crippen LogP contribution in [-0.2, 0) is 9.53 Å². The lowest BCUT2D eigenvalue weighted by Gasteiger charge is -2.24. The van der Waals surface area contributed by atoms with E-state index < -0.39 is 5.97 Å². The van der Waals surface area contributed by atoms with Crippen LogP contribution < -0.4 is 0 Å². The maximum Gasteiger partial charge on any atom is 0.304 e. The largest absolute Gasteiger partial charge is 0.481 e. The zero-order valence-corrected chi connectivity index (χ0v) is 9.89. The molecule has 1 saturated heterocycles. The molecule has 4 nitrogen and oxygen atoms in total. The summed E-state index contributed by atoms with van der Waals surface area (Å²) in [7, 11) is 0. The molecule has 1 saturated carbocycles. The van der Waals surface area contributed by atoms with Gasteiger partial charge in [-0.1, -0.05) is 0 Å². The summed E-state index contributed by atoms with van der Waals surface area (Å²) >= 11 is 0. The zero-order valence-electron chi connectivity index (χ0n) is 9.89. The van der Waals surface area contributed by atoms with E-state index >= 15 is 0 Å². The van der Waals surface area contributed by atoms with Crippen LogP contribution in [0.5, 0.6) is 0 Å². The summed E-state index contributed by atoms with van der Waals surface area (Å²) in [6.07, 6.45) is 5.66. The van der Waals surface area contributed by atoms with E-state index in [2.05, 4.69) is 11.8 Å². The van der Waals surface area contributed by atoms with Crippen LogP contribution in [0.1, 0.15) is 39.0 Å². The molecule has 16 heavy (non-hydrogen) atoms. The van der Waals surface area contributed by atoms with Gasteiger partial charge in [0.2, 0.25) is 0 Å². The predicted molar refractivity (Wildman–Crippen MR) is 60.4 cm³/mol. The second-order valence-corrected chi connectivity index (χ2v) is 5.02. The average Bonchev–Trinajstić information content (AvgIpc) is 2.98. The van der Waals surface area contributed by atoms with E-state index in [1.165, 1.54) is 12.8 Å². The van der Waals surface area contributed by atoms with Gasteiger partial charge in [0.25, 0.3) is 0 Å². The molecule has 2 unspecified atom stereocenters. The molecule has 2 atom stereocenters. The number of rotatable bonds is 6. The summed E-state index contributed by atoms with van der Waals surface area (Å²) in [5, 5.41) is 8.71. The van der Waals surface area contributed by atoms with Gasteiger partial charge < -0.3 is 9.84 Å². The van der Waals surface area contributed by atoms with Gasteiger partial charge >= 0.3 is 5.97 Å². The van der Waals surface area contributed by atoms with Crippen LogP contribution in [0.4, 0.5) is 0 Å².